The highest BCUT2D eigenvalue weighted by Crippen LogP contribution is 2.25. The van der Waals surface area contributed by atoms with Crippen LogP contribution in [0.25, 0.3) is 0 Å². The maximum atomic E-state index is 6.14. The monoisotopic (exact) mass is 298 g/mol. The normalized spacial score (nSPS) is 26.5. The van der Waals surface area contributed by atoms with Crippen molar-refractivity contribution in [2.45, 2.75) is 58.5 Å². The molecule has 1 aromatic rings. The second-order valence-corrected chi connectivity index (χ2v) is 5.77. The number of hydrogen-bond acceptors (Lipinski definition) is 4. The van der Waals surface area contributed by atoms with Gasteiger partial charge in [-0.3, -0.25) is 0 Å². The first-order valence-corrected chi connectivity index (χ1v) is 7.63. The number of nitrogens with zero attached hydrogens (tertiary/aromatic N) is 1. The topological polar surface area (TPSA) is 43.4 Å². The van der Waals surface area contributed by atoms with E-state index in [-0.39, 0.29) is 18.3 Å². The third-order valence-corrected chi connectivity index (χ3v) is 3.76. The summed E-state index contributed by atoms with van der Waals surface area (Å²) >= 11 is 6.14. The van der Waals surface area contributed by atoms with E-state index in [0.29, 0.717) is 10.9 Å². The highest BCUT2D eigenvalue weighted by molar-refractivity contribution is 6.31. The van der Waals surface area contributed by atoms with Gasteiger partial charge in [-0.05, 0) is 26.0 Å². The van der Waals surface area contributed by atoms with Gasteiger partial charge in [0.25, 0.3) is 0 Å². The summed E-state index contributed by atoms with van der Waals surface area (Å²) in [6.07, 6.45) is 4.09. The average molecular weight is 299 g/mol. The fraction of sp³-hybridized carbons (Fsp3) is 0.667. The summed E-state index contributed by atoms with van der Waals surface area (Å²) in [5, 5.41) is 3.94. The lowest BCUT2D eigenvalue weighted by Gasteiger charge is -2.32. The van der Waals surface area contributed by atoms with Crippen LogP contribution < -0.4 is 10.1 Å². The molecule has 0 spiro atoms. The van der Waals surface area contributed by atoms with Gasteiger partial charge in [-0.1, -0.05) is 18.5 Å². The molecule has 1 aliphatic heterocycles. The summed E-state index contributed by atoms with van der Waals surface area (Å²) in [5.74, 6) is 0.647. The molecule has 1 fully saturated rings. The van der Waals surface area contributed by atoms with E-state index >= 15 is 0 Å². The standard InChI is InChI=1S/C15H23ClN2O2/c1-4-17-8-12-7-15(18-9-14(12)16)20-13-5-10(2)19-11(3)6-13/h7,9-11,13,17H,4-6,8H2,1-3H3. The van der Waals surface area contributed by atoms with Crippen LogP contribution in [0.4, 0.5) is 0 Å². The van der Waals surface area contributed by atoms with Gasteiger partial charge in [0, 0.05) is 31.6 Å². The molecule has 112 valence electrons. The van der Waals surface area contributed by atoms with Crippen molar-refractivity contribution in [3.63, 3.8) is 0 Å². The van der Waals surface area contributed by atoms with Crippen LogP contribution in [-0.2, 0) is 11.3 Å². The maximum Gasteiger partial charge on any atom is 0.213 e. The predicted molar refractivity (Wildman–Crippen MR) is 80.3 cm³/mol. The minimum absolute atomic E-state index is 0.161. The van der Waals surface area contributed by atoms with E-state index in [1.807, 2.05) is 6.07 Å². The van der Waals surface area contributed by atoms with Crippen molar-refractivity contribution in [3.05, 3.63) is 22.8 Å². The molecule has 1 aromatic heterocycles. The third kappa shape index (κ3) is 4.33. The van der Waals surface area contributed by atoms with Crippen molar-refractivity contribution in [3.8, 4) is 5.88 Å². The van der Waals surface area contributed by atoms with E-state index in [1.165, 1.54) is 0 Å². The van der Waals surface area contributed by atoms with Gasteiger partial charge in [0.1, 0.15) is 6.10 Å². The fourth-order valence-corrected chi connectivity index (χ4v) is 2.70. The predicted octanol–water partition coefficient (Wildman–Crippen LogP) is 3.18. The van der Waals surface area contributed by atoms with Crippen LogP contribution in [0, 0.1) is 0 Å². The van der Waals surface area contributed by atoms with Crippen LogP contribution in [0.2, 0.25) is 5.02 Å². The van der Waals surface area contributed by atoms with Gasteiger partial charge >= 0.3 is 0 Å². The van der Waals surface area contributed by atoms with E-state index in [1.54, 1.807) is 6.20 Å². The summed E-state index contributed by atoms with van der Waals surface area (Å²) in [6.45, 7) is 7.87. The Morgan fingerprint density at radius 1 is 1.40 bits per heavy atom. The number of pyridine rings is 1. The van der Waals surface area contributed by atoms with Crippen LogP contribution in [0.1, 0.15) is 39.2 Å². The molecule has 0 bridgehead atoms. The molecule has 2 heterocycles. The first kappa shape index (κ1) is 15.5. The molecule has 0 aromatic carbocycles. The Morgan fingerprint density at radius 3 is 2.75 bits per heavy atom. The van der Waals surface area contributed by atoms with Crippen LogP contribution in [0.3, 0.4) is 0 Å². The summed E-state index contributed by atoms with van der Waals surface area (Å²) in [7, 11) is 0. The summed E-state index contributed by atoms with van der Waals surface area (Å²) in [5.41, 5.74) is 1.02. The Morgan fingerprint density at radius 2 is 2.10 bits per heavy atom. The van der Waals surface area contributed by atoms with E-state index in [4.69, 9.17) is 21.1 Å². The van der Waals surface area contributed by atoms with Crippen molar-refractivity contribution in [2.24, 2.45) is 0 Å². The van der Waals surface area contributed by atoms with E-state index in [2.05, 4.69) is 31.1 Å². The lowest BCUT2D eigenvalue weighted by molar-refractivity contribution is -0.0729. The van der Waals surface area contributed by atoms with Gasteiger partial charge in [-0.15, -0.1) is 0 Å². The van der Waals surface area contributed by atoms with Crippen molar-refractivity contribution < 1.29 is 9.47 Å². The zero-order chi connectivity index (χ0) is 14.5. The highest BCUT2D eigenvalue weighted by atomic mass is 35.5. The lowest BCUT2D eigenvalue weighted by Crippen LogP contribution is -2.35. The number of ether oxygens (including phenoxy) is 2. The lowest BCUT2D eigenvalue weighted by atomic mass is 10.0. The van der Waals surface area contributed by atoms with E-state index in [0.717, 1.165) is 31.5 Å². The van der Waals surface area contributed by atoms with Crippen LogP contribution in [0.5, 0.6) is 5.88 Å². The van der Waals surface area contributed by atoms with Gasteiger partial charge in [0.2, 0.25) is 5.88 Å². The van der Waals surface area contributed by atoms with Gasteiger partial charge in [-0.25, -0.2) is 4.98 Å². The molecular weight excluding hydrogens is 276 g/mol. The Labute approximate surface area is 125 Å². The zero-order valence-corrected chi connectivity index (χ0v) is 13.1. The first-order valence-electron chi connectivity index (χ1n) is 7.25. The largest absolute Gasteiger partial charge is 0.474 e. The van der Waals surface area contributed by atoms with Gasteiger partial charge in [0.15, 0.2) is 0 Å². The van der Waals surface area contributed by atoms with Gasteiger partial charge in [-0.2, -0.15) is 0 Å². The molecule has 2 unspecified atom stereocenters. The molecule has 0 amide bonds. The SMILES string of the molecule is CCNCc1cc(OC2CC(C)OC(C)C2)ncc1Cl. The number of nitrogens with one attached hydrogen (secondary N) is 1. The molecular formula is C15H23ClN2O2. The Kier molecular flexibility index (Phi) is 5.64. The second kappa shape index (κ2) is 7.25. The fourth-order valence-electron chi connectivity index (χ4n) is 2.53. The van der Waals surface area contributed by atoms with Crippen LogP contribution in [0.15, 0.2) is 12.3 Å². The molecule has 2 atom stereocenters. The molecule has 20 heavy (non-hydrogen) atoms. The zero-order valence-electron chi connectivity index (χ0n) is 12.4. The Balaban J connectivity index is 2.01. The van der Waals surface area contributed by atoms with Crippen LogP contribution >= 0.6 is 11.6 Å². The maximum absolute atomic E-state index is 6.14. The van der Waals surface area contributed by atoms with Gasteiger partial charge in [0.05, 0.1) is 17.2 Å². The highest BCUT2D eigenvalue weighted by Gasteiger charge is 2.26. The van der Waals surface area contributed by atoms with Gasteiger partial charge < -0.3 is 14.8 Å². The summed E-state index contributed by atoms with van der Waals surface area (Å²) in [6, 6.07) is 1.93. The van der Waals surface area contributed by atoms with Crippen molar-refractivity contribution in [1.29, 1.82) is 0 Å². The molecule has 0 saturated carbocycles. The van der Waals surface area contributed by atoms with Crippen molar-refractivity contribution in [2.75, 3.05) is 6.54 Å². The Hall–Kier alpha value is -0.840. The van der Waals surface area contributed by atoms with Crippen molar-refractivity contribution in [1.82, 2.24) is 10.3 Å². The summed E-state index contributed by atoms with van der Waals surface area (Å²) < 4.78 is 11.7. The molecule has 1 N–H and O–H groups in total. The van der Waals surface area contributed by atoms with Crippen LogP contribution in [-0.4, -0.2) is 29.8 Å². The molecule has 0 radical (unpaired) electrons. The molecule has 5 heteroatoms. The molecule has 1 saturated heterocycles. The van der Waals surface area contributed by atoms with Crippen molar-refractivity contribution >= 4 is 11.6 Å². The van der Waals surface area contributed by atoms with E-state index in [9.17, 15) is 0 Å². The number of rotatable bonds is 5. The average Bonchev–Trinajstić information content (AvgIpc) is 2.38. The number of hydrogen-bond donors (Lipinski definition) is 1. The molecule has 2 rings (SSSR count). The number of aromatic nitrogens is 1. The first-order chi connectivity index (χ1) is 9.58. The van der Waals surface area contributed by atoms with E-state index < -0.39 is 0 Å². The quantitative estimate of drug-likeness (QED) is 0.907. The second-order valence-electron chi connectivity index (χ2n) is 5.36. The minimum Gasteiger partial charge on any atom is -0.474 e. The number of halogens is 1. The molecule has 1 aliphatic rings. The molecule has 4 nitrogen and oxygen atoms in total. The minimum atomic E-state index is 0.161. The summed E-state index contributed by atoms with van der Waals surface area (Å²) in [4.78, 5) is 4.27. The third-order valence-electron chi connectivity index (χ3n) is 3.42. The molecule has 0 aliphatic carbocycles. The Bertz CT molecular complexity index is 432. The smallest absolute Gasteiger partial charge is 0.213 e.